The Morgan fingerprint density at radius 1 is 1.50 bits per heavy atom. The number of Topliss-reactive ketones (excluding diaryl/α,β-unsaturated/α-hetero) is 1. The van der Waals surface area contributed by atoms with Crippen LogP contribution in [0.15, 0.2) is 22.3 Å². The van der Waals surface area contributed by atoms with Crippen LogP contribution in [0.1, 0.15) is 6.42 Å². The van der Waals surface area contributed by atoms with Gasteiger partial charge in [0.25, 0.3) is 0 Å². The van der Waals surface area contributed by atoms with E-state index in [2.05, 4.69) is 10.1 Å². The molecule has 0 aromatic carbocycles. The quantitative estimate of drug-likeness (QED) is 0.253. The maximum Gasteiger partial charge on any atom is 0.408 e. The monoisotopic (exact) mass is 327 g/mol. The number of nitrogens with one attached hydrogen (secondary N) is 2. The smallest absolute Gasteiger partial charge is 0.408 e. The first kappa shape index (κ1) is 17.9. The molecule has 120 valence electrons. The van der Waals surface area contributed by atoms with Gasteiger partial charge in [0.1, 0.15) is 6.73 Å². The lowest BCUT2D eigenvalue weighted by molar-refractivity contribution is -0.115. The highest BCUT2D eigenvalue weighted by Crippen LogP contribution is 2.25. The maximum absolute atomic E-state index is 12.0. The van der Waals surface area contributed by atoms with Crippen LogP contribution in [-0.4, -0.2) is 50.1 Å². The van der Waals surface area contributed by atoms with Gasteiger partial charge >= 0.3 is 6.09 Å². The number of rotatable bonds is 8. The Morgan fingerprint density at radius 2 is 2.23 bits per heavy atom. The average molecular weight is 327 g/mol. The molecule has 0 aliphatic heterocycles. The molecule has 0 fully saturated rings. The summed E-state index contributed by atoms with van der Waals surface area (Å²) < 4.78 is 9.51. The molecule has 8 nitrogen and oxygen atoms in total. The van der Waals surface area contributed by atoms with Gasteiger partial charge < -0.3 is 20.6 Å². The lowest BCUT2D eigenvalue weighted by Gasteiger charge is -2.13. The number of thioether (sulfide) groups is 1. The minimum Gasteiger partial charge on any atom is -0.453 e. The molecule has 0 heterocycles. The first-order chi connectivity index (χ1) is 10.5. The SMILES string of the molecule is COC(=O)NCOCCCSC1=CC(=O)C(N)=C(C=N)C1=O. The average Bonchev–Trinajstić information content (AvgIpc) is 2.51. The van der Waals surface area contributed by atoms with Crippen LogP contribution in [0.2, 0.25) is 0 Å². The van der Waals surface area contributed by atoms with Gasteiger partial charge in [-0.1, -0.05) is 0 Å². The van der Waals surface area contributed by atoms with Crippen LogP contribution < -0.4 is 11.1 Å². The predicted octanol–water partition coefficient (Wildman–Crippen LogP) is 0.338. The predicted molar refractivity (Wildman–Crippen MR) is 81.5 cm³/mol. The third-order valence-electron chi connectivity index (χ3n) is 2.63. The van der Waals surface area contributed by atoms with Crippen molar-refractivity contribution >= 4 is 35.6 Å². The third kappa shape index (κ3) is 5.01. The van der Waals surface area contributed by atoms with Gasteiger partial charge in [-0.05, 0) is 6.42 Å². The second kappa shape index (κ2) is 9.00. The van der Waals surface area contributed by atoms with Crippen molar-refractivity contribution in [3.63, 3.8) is 0 Å². The highest BCUT2D eigenvalue weighted by molar-refractivity contribution is 8.04. The molecule has 0 saturated carbocycles. The van der Waals surface area contributed by atoms with Gasteiger partial charge in [0.05, 0.1) is 23.3 Å². The Bertz CT molecular complexity index is 542. The number of nitrogens with two attached hydrogens (primary N) is 1. The summed E-state index contributed by atoms with van der Waals surface area (Å²) in [7, 11) is 1.26. The number of hydrogen-bond donors (Lipinski definition) is 3. The molecule has 1 aliphatic rings. The molecule has 0 atom stereocenters. The summed E-state index contributed by atoms with van der Waals surface area (Å²) in [6.07, 6.45) is 2.03. The fourth-order valence-corrected chi connectivity index (χ4v) is 2.41. The fourth-order valence-electron chi connectivity index (χ4n) is 1.50. The Balaban J connectivity index is 2.30. The van der Waals surface area contributed by atoms with Crippen molar-refractivity contribution < 1.29 is 23.9 Å². The molecule has 0 bridgehead atoms. The number of carbonyl (C=O) groups excluding carboxylic acids is 3. The highest BCUT2D eigenvalue weighted by Gasteiger charge is 2.25. The molecule has 4 N–H and O–H groups in total. The van der Waals surface area contributed by atoms with E-state index >= 15 is 0 Å². The van der Waals surface area contributed by atoms with Crippen molar-refractivity contribution in [2.45, 2.75) is 6.42 Å². The number of amides is 1. The van der Waals surface area contributed by atoms with E-state index in [1.165, 1.54) is 24.9 Å². The molecule has 22 heavy (non-hydrogen) atoms. The molecule has 0 saturated heterocycles. The van der Waals surface area contributed by atoms with Crippen molar-refractivity contribution in [1.29, 1.82) is 5.41 Å². The molecule has 9 heteroatoms. The summed E-state index contributed by atoms with van der Waals surface area (Å²) in [6.45, 7) is 0.413. The van der Waals surface area contributed by atoms with E-state index in [0.29, 0.717) is 18.8 Å². The van der Waals surface area contributed by atoms with Crippen molar-refractivity contribution in [3.05, 3.63) is 22.3 Å². The van der Waals surface area contributed by atoms with Gasteiger partial charge in [-0.2, -0.15) is 0 Å². The molecular weight excluding hydrogens is 310 g/mol. The van der Waals surface area contributed by atoms with E-state index in [1.807, 2.05) is 0 Å². The number of alkyl carbamates (subject to hydrolysis) is 1. The Hall–Kier alpha value is -2.13. The number of allylic oxidation sites excluding steroid dienone is 3. The van der Waals surface area contributed by atoms with E-state index in [1.54, 1.807) is 0 Å². The van der Waals surface area contributed by atoms with Gasteiger partial charge in [-0.25, -0.2) is 4.79 Å². The number of methoxy groups -OCH3 is 1. The van der Waals surface area contributed by atoms with E-state index in [4.69, 9.17) is 15.9 Å². The van der Waals surface area contributed by atoms with E-state index in [9.17, 15) is 14.4 Å². The van der Waals surface area contributed by atoms with Crippen LogP contribution in [-0.2, 0) is 19.1 Å². The summed E-state index contributed by atoms with van der Waals surface area (Å²) in [4.78, 5) is 34.5. The van der Waals surface area contributed by atoms with Crippen molar-refractivity contribution in [1.82, 2.24) is 5.32 Å². The van der Waals surface area contributed by atoms with Crippen LogP contribution in [0.4, 0.5) is 4.79 Å². The highest BCUT2D eigenvalue weighted by atomic mass is 32.2. The van der Waals surface area contributed by atoms with E-state index in [-0.39, 0.29) is 22.9 Å². The number of carbonyl (C=O) groups is 3. The van der Waals surface area contributed by atoms with Crippen LogP contribution in [0, 0.1) is 5.41 Å². The molecule has 0 unspecified atom stereocenters. The van der Waals surface area contributed by atoms with Crippen molar-refractivity contribution in [2.75, 3.05) is 26.2 Å². The van der Waals surface area contributed by atoms with Gasteiger partial charge in [-0.3, -0.25) is 14.9 Å². The van der Waals surface area contributed by atoms with Gasteiger partial charge in [-0.15, -0.1) is 11.8 Å². The fraction of sp³-hybridized carbons (Fsp3) is 0.385. The zero-order valence-electron chi connectivity index (χ0n) is 12.0. The van der Waals surface area contributed by atoms with Gasteiger partial charge in [0, 0.05) is 24.7 Å². The Morgan fingerprint density at radius 3 is 2.86 bits per heavy atom. The zero-order chi connectivity index (χ0) is 16.5. The minimum absolute atomic E-state index is 0.0364. The maximum atomic E-state index is 12.0. The Kier molecular flexibility index (Phi) is 7.33. The second-order valence-electron chi connectivity index (χ2n) is 4.10. The first-order valence-electron chi connectivity index (χ1n) is 6.34. The second-order valence-corrected chi connectivity index (χ2v) is 5.23. The lowest BCUT2D eigenvalue weighted by atomic mass is 10.0. The summed E-state index contributed by atoms with van der Waals surface area (Å²) in [5.41, 5.74) is 5.20. The van der Waals surface area contributed by atoms with Crippen LogP contribution in [0.3, 0.4) is 0 Å². The third-order valence-corrected chi connectivity index (χ3v) is 3.73. The summed E-state index contributed by atoms with van der Waals surface area (Å²) in [6, 6.07) is 0. The topological polar surface area (TPSA) is 132 Å². The number of hydrogen-bond acceptors (Lipinski definition) is 8. The standard InChI is InChI=1S/C13H17N3O5S/c1-20-13(19)16-7-21-3-2-4-22-10-5-9(17)11(15)8(6-14)12(10)18/h5-6,14H,2-4,7,15H2,1H3,(H,16,19). The number of ketones is 2. The normalized spacial score (nSPS) is 14.7. The molecular formula is C13H17N3O5S. The molecule has 0 aromatic rings. The zero-order valence-corrected chi connectivity index (χ0v) is 12.8. The molecule has 1 amide bonds. The van der Waals surface area contributed by atoms with Gasteiger partial charge in [0.15, 0.2) is 0 Å². The summed E-state index contributed by atoms with van der Waals surface area (Å²) >= 11 is 1.20. The molecule has 0 aromatic heterocycles. The van der Waals surface area contributed by atoms with E-state index in [0.717, 1.165) is 6.21 Å². The molecule has 0 radical (unpaired) electrons. The lowest BCUT2D eigenvalue weighted by Crippen LogP contribution is -2.26. The van der Waals surface area contributed by atoms with Crippen molar-refractivity contribution in [2.24, 2.45) is 5.73 Å². The van der Waals surface area contributed by atoms with Crippen molar-refractivity contribution in [3.8, 4) is 0 Å². The van der Waals surface area contributed by atoms with Crippen LogP contribution >= 0.6 is 11.8 Å². The summed E-state index contributed by atoms with van der Waals surface area (Å²) in [5, 5.41) is 9.50. The Labute approximate surface area is 131 Å². The molecule has 0 spiro atoms. The van der Waals surface area contributed by atoms with Crippen LogP contribution in [0.5, 0.6) is 0 Å². The van der Waals surface area contributed by atoms with E-state index < -0.39 is 17.7 Å². The minimum atomic E-state index is -0.575. The summed E-state index contributed by atoms with van der Waals surface area (Å²) in [5.74, 6) is -0.321. The first-order valence-corrected chi connectivity index (χ1v) is 7.33. The van der Waals surface area contributed by atoms with Crippen LogP contribution in [0.25, 0.3) is 0 Å². The molecule has 1 aliphatic carbocycles. The number of ether oxygens (including phenoxy) is 2. The molecule has 1 rings (SSSR count). The largest absolute Gasteiger partial charge is 0.453 e. The van der Waals surface area contributed by atoms with Gasteiger partial charge in [0.2, 0.25) is 11.6 Å².